The Bertz CT molecular complexity index is 983. The van der Waals surface area contributed by atoms with Crippen molar-refractivity contribution in [3.05, 3.63) is 46.1 Å². The molecule has 11 heteroatoms. The third-order valence-corrected chi connectivity index (χ3v) is 5.45. The van der Waals surface area contributed by atoms with Crippen LogP contribution in [0.2, 0.25) is 0 Å². The summed E-state index contributed by atoms with van der Waals surface area (Å²) in [7, 11) is 0. The maximum absolute atomic E-state index is 12.5. The summed E-state index contributed by atoms with van der Waals surface area (Å²) >= 11 is 2.50. The maximum atomic E-state index is 12.5. The first-order valence-electron chi connectivity index (χ1n) is 8.05. The van der Waals surface area contributed by atoms with Crippen molar-refractivity contribution in [1.82, 2.24) is 14.3 Å². The molecular weight excluding hydrogens is 413 g/mol. The number of hydrogen-bond donors (Lipinski definition) is 2. The molecule has 0 aliphatic rings. The van der Waals surface area contributed by atoms with Crippen molar-refractivity contribution in [1.29, 1.82) is 0 Å². The van der Waals surface area contributed by atoms with Crippen LogP contribution >= 0.6 is 22.9 Å². The summed E-state index contributed by atoms with van der Waals surface area (Å²) in [5.74, 6) is 0.123. The number of nitrogens with one attached hydrogen (secondary N) is 1. The Balaban J connectivity index is 1.62. The van der Waals surface area contributed by atoms with E-state index < -0.39 is 12.3 Å². The van der Waals surface area contributed by atoms with Gasteiger partial charge in [0.05, 0.1) is 22.0 Å². The number of aliphatic hydroxyl groups is 1. The number of aromatic nitrogens is 3. The molecule has 1 aromatic carbocycles. The van der Waals surface area contributed by atoms with Crippen molar-refractivity contribution in [3.63, 3.8) is 0 Å². The topological polar surface area (TPSA) is 88.0 Å². The number of rotatable bonds is 5. The van der Waals surface area contributed by atoms with Crippen LogP contribution in [0.5, 0.6) is 0 Å². The lowest BCUT2D eigenvalue weighted by Gasteiger charge is -2.14. The van der Waals surface area contributed by atoms with Crippen molar-refractivity contribution in [2.75, 3.05) is 5.32 Å². The molecule has 28 heavy (non-hydrogen) atoms. The molecule has 1 atom stereocenters. The zero-order chi connectivity index (χ0) is 20.5. The lowest BCUT2D eigenvalue weighted by molar-refractivity contribution is -0.206. The molecular formula is C17H15F3N4O2S2. The van der Waals surface area contributed by atoms with Gasteiger partial charge in [-0.25, -0.2) is 4.98 Å². The van der Waals surface area contributed by atoms with Gasteiger partial charge in [-0.15, -0.1) is 11.3 Å². The highest BCUT2D eigenvalue weighted by atomic mass is 32.1. The molecule has 1 unspecified atom stereocenters. The van der Waals surface area contributed by atoms with Crippen LogP contribution in [0.1, 0.15) is 27.9 Å². The fourth-order valence-corrected chi connectivity index (χ4v) is 3.96. The quantitative estimate of drug-likeness (QED) is 0.640. The minimum absolute atomic E-state index is 0.0456. The van der Waals surface area contributed by atoms with Crippen LogP contribution in [0.3, 0.4) is 0 Å². The molecule has 0 aliphatic carbocycles. The van der Waals surface area contributed by atoms with Gasteiger partial charge in [0, 0.05) is 11.5 Å². The number of aliphatic hydroxyl groups excluding tert-OH is 1. The minimum Gasteiger partial charge on any atom is -0.379 e. The van der Waals surface area contributed by atoms with Crippen molar-refractivity contribution in [2.45, 2.75) is 32.5 Å². The Morgan fingerprint density at radius 2 is 1.89 bits per heavy atom. The van der Waals surface area contributed by atoms with Gasteiger partial charge in [0.2, 0.25) is 11.0 Å². The molecule has 2 heterocycles. The number of alkyl halides is 3. The fourth-order valence-electron chi connectivity index (χ4n) is 2.46. The number of aryl methyl sites for hydroxylation is 2. The Morgan fingerprint density at radius 3 is 2.46 bits per heavy atom. The molecule has 2 aromatic heterocycles. The molecule has 0 saturated carbocycles. The van der Waals surface area contributed by atoms with Crippen LogP contribution in [-0.2, 0) is 11.2 Å². The molecule has 0 radical (unpaired) electrons. The molecule has 0 saturated heterocycles. The van der Waals surface area contributed by atoms with Gasteiger partial charge in [-0.1, -0.05) is 24.3 Å². The van der Waals surface area contributed by atoms with Gasteiger partial charge >= 0.3 is 6.18 Å². The lowest BCUT2D eigenvalue weighted by atomic mass is 10.0. The summed E-state index contributed by atoms with van der Waals surface area (Å²) in [5, 5.41) is 13.1. The maximum Gasteiger partial charge on any atom is 0.418 e. The van der Waals surface area contributed by atoms with E-state index in [0.717, 1.165) is 39.2 Å². The van der Waals surface area contributed by atoms with Crippen molar-refractivity contribution in [3.8, 4) is 10.7 Å². The number of halogens is 3. The number of benzene rings is 1. The van der Waals surface area contributed by atoms with Gasteiger partial charge in [-0.2, -0.15) is 22.5 Å². The Labute approximate surface area is 166 Å². The van der Waals surface area contributed by atoms with E-state index in [0.29, 0.717) is 16.5 Å². The Hall–Kier alpha value is -2.37. The summed E-state index contributed by atoms with van der Waals surface area (Å²) in [6, 6.07) is 5.05. The number of nitrogens with zero attached hydrogens (tertiary/aromatic N) is 3. The second kappa shape index (κ2) is 7.94. The molecule has 3 rings (SSSR count). The molecule has 1 amide bonds. The van der Waals surface area contributed by atoms with E-state index in [4.69, 9.17) is 0 Å². The number of hydrogen-bond acceptors (Lipinski definition) is 7. The monoisotopic (exact) mass is 428 g/mol. The summed E-state index contributed by atoms with van der Waals surface area (Å²) in [5.41, 5.74) is 1.05. The number of carbonyl (C=O) groups is 1. The first kappa shape index (κ1) is 20.4. The van der Waals surface area contributed by atoms with Gasteiger partial charge in [0.15, 0.2) is 11.9 Å². The largest absolute Gasteiger partial charge is 0.418 e. The fraction of sp³-hybridized carbons (Fsp3) is 0.294. The van der Waals surface area contributed by atoms with Gasteiger partial charge < -0.3 is 10.4 Å². The van der Waals surface area contributed by atoms with Gasteiger partial charge in [0.1, 0.15) is 0 Å². The predicted molar refractivity (Wildman–Crippen MR) is 100 cm³/mol. The highest BCUT2D eigenvalue weighted by molar-refractivity contribution is 7.15. The summed E-state index contributed by atoms with van der Waals surface area (Å²) in [6.45, 7) is 3.74. The van der Waals surface area contributed by atoms with Crippen LogP contribution in [-0.4, -0.2) is 31.5 Å². The molecule has 148 valence electrons. The number of amides is 1. The Morgan fingerprint density at radius 1 is 1.21 bits per heavy atom. The first-order chi connectivity index (χ1) is 13.1. The van der Waals surface area contributed by atoms with Gasteiger partial charge in [-0.3, -0.25) is 4.79 Å². The van der Waals surface area contributed by atoms with E-state index in [-0.39, 0.29) is 17.9 Å². The van der Waals surface area contributed by atoms with E-state index in [1.54, 1.807) is 0 Å². The number of anilines is 1. The van der Waals surface area contributed by atoms with Crippen LogP contribution in [0.25, 0.3) is 10.7 Å². The minimum atomic E-state index is -4.73. The third-order valence-electron chi connectivity index (χ3n) is 3.75. The van der Waals surface area contributed by atoms with Gasteiger partial charge in [0.25, 0.3) is 0 Å². The standard InChI is InChI=1S/C17H15F3N4O2S2/c1-8-13(27-9(2)21-8)15-23-16(28-24-15)22-12(25)7-10-3-5-11(6-4-10)14(26)17(18,19)20/h3-6,14,26H,7H2,1-2H3,(H,22,23,24,25). The second-order valence-electron chi connectivity index (χ2n) is 5.98. The van der Waals surface area contributed by atoms with E-state index in [1.807, 2.05) is 13.8 Å². The molecule has 0 fully saturated rings. The molecule has 3 aromatic rings. The highest BCUT2D eigenvalue weighted by Gasteiger charge is 2.39. The third kappa shape index (κ3) is 4.72. The average Bonchev–Trinajstić information content (AvgIpc) is 3.19. The predicted octanol–water partition coefficient (Wildman–Crippen LogP) is 4.06. The van der Waals surface area contributed by atoms with E-state index in [9.17, 15) is 23.1 Å². The van der Waals surface area contributed by atoms with E-state index in [1.165, 1.54) is 23.5 Å². The molecule has 2 N–H and O–H groups in total. The lowest BCUT2D eigenvalue weighted by Crippen LogP contribution is -2.20. The molecule has 0 spiro atoms. The number of thiazole rings is 1. The Kier molecular flexibility index (Phi) is 5.77. The summed E-state index contributed by atoms with van der Waals surface area (Å²) in [6.07, 6.45) is -7.33. The zero-order valence-corrected chi connectivity index (χ0v) is 16.4. The van der Waals surface area contributed by atoms with Crippen molar-refractivity contribution < 1.29 is 23.1 Å². The highest BCUT2D eigenvalue weighted by Crippen LogP contribution is 2.32. The molecule has 0 aliphatic heterocycles. The van der Waals surface area contributed by atoms with Crippen molar-refractivity contribution in [2.24, 2.45) is 0 Å². The zero-order valence-electron chi connectivity index (χ0n) is 14.7. The van der Waals surface area contributed by atoms with Crippen LogP contribution in [0, 0.1) is 13.8 Å². The SMILES string of the molecule is Cc1nc(C)c(-c2nsc(NC(=O)Cc3ccc(C(O)C(F)(F)F)cc3)n2)s1. The summed E-state index contributed by atoms with van der Waals surface area (Å²) < 4.78 is 41.8. The van der Waals surface area contributed by atoms with Crippen LogP contribution in [0.15, 0.2) is 24.3 Å². The smallest absolute Gasteiger partial charge is 0.379 e. The van der Waals surface area contributed by atoms with Gasteiger partial charge in [-0.05, 0) is 25.0 Å². The average molecular weight is 428 g/mol. The summed E-state index contributed by atoms with van der Waals surface area (Å²) in [4.78, 5) is 21.6. The molecule has 0 bridgehead atoms. The van der Waals surface area contributed by atoms with Crippen LogP contribution in [0.4, 0.5) is 18.3 Å². The number of carbonyl (C=O) groups excluding carboxylic acids is 1. The first-order valence-corrected chi connectivity index (χ1v) is 9.64. The molecule has 6 nitrogen and oxygen atoms in total. The normalized spacial score (nSPS) is 12.8. The van der Waals surface area contributed by atoms with Crippen LogP contribution < -0.4 is 5.32 Å². The van der Waals surface area contributed by atoms with Crippen molar-refractivity contribution >= 4 is 33.9 Å². The van der Waals surface area contributed by atoms with E-state index >= 15 is 0 Å². The van der Waals surface area contributed by atoms with E-state index in [2.05, 4.69) is 19.7 Å². The second-order valence-corrected chi connectivity index (χ2v) is 7.94.